The number of carboxylic acids is 2. The van der Waals surface area contributed by atoms with E-state index >= 15 is 0 Å². The molecule has 0 radical (unpaired) electrons. The van der Waals surface area contributed by atoms with E-state index in [4.69, 9.17) is 24.1 Å². The molecule has 1 unspecified atom stereocenters. The van der Waals surface area contributed by atoms with Gasteiger partial charge in [-0.2, -0.15) is 0 Å². The van der Waals surface area contributed by atoms with E-state index in [1.54, 1.807) is 0 Å². The van der Waals surface area contributed by atoms with Crippen LogP contribution in [-0.4, -0.2) is 118 Å². The molecule has 0 saturated carbocycles. The summed E-state index contributed by atoms with van der Waals surface area (Å²) in [5.74, 6) is -3.72. The fraction of sp³-hybridized carbons (Fsp3) is 0.739. The zero-order valence-electron chi connectivity index (χ0n) is 21.7. The van der Waals surface area contributed by atoms with Gasteiger partial charge in [-0.15, -0.1) is 0 Å². The predicted molar refractivity (Wildman–Crippen MR) is 130 cm³/mol. The van der Waals surface area contributed by atoms with Gasteiger partial charge in [-0.05, 0) is 19.8 Å². The first-order chi connectivity index (χ1) is 18.1. The van der Waals surface area contributed by atoms with Crippen molar-refractivity contribution in [2.45, 2.75) is 45.1 Å². The Morgan fingerprint density at radius 3 is 1.76 bits per heavy atom. The van der Waals surface area contributed by atoms with Crippen molar-refractivity contribution in [3.05, 3.63) is 0 Å². The molecule has 0 aliphatic carbocycles. The van der Waals surface area contributed by atoms with Gasteiger partial charge >= 0.3 is 11.9 Å². The van der Waals surface area contributed by atoms with E-state index in [9.17, 15) is 33.9 Å². The number of rotatable bonds is 25. The standard InChI is InChI=1S/C23H39N3O12/c1-17(27)15-37-13-11-36-10-8-25-21(30)16-38-14-12-35-9-7-24-19(28)6-5-18(23(33)34)26-20(29)3-2-4-22(31)32/h18H,2-16H2,1H3,(H,24,28)(H,25,30)(H,26,29)(H,31,32)(H,33,34). The van der Waals surface area contributed by atoms with E-state index in [2.05, 4.69) is 16.0 Å². The monoisotopic (exact) mass is 549 g/mol. The minimum atomic E-state index is -1.29. The van der Waals surface area contributed by atoms with Gasteiger partial charge in [-0.25, -0.2) is 4.79 Å². The van der Waals surface area contributed by atoms with Gasteiger partial charge < -0.3 is 45.1 Å². The highest BCUT2D eigenvalue weighted by atomic mass is 16.5. The number of nitrogens with one attached hydrogen (secondary N) is 3. The molecule has 0 aliphatic rings. The molecule has 0 heterocycles. The second-order valence-electron chi connectivity index (χ2n) is 7.98. The molecule has 0 aromatic carbocycles. The minimum absolute atomic E-state index is 0.0493. The molecule has 0 spiro atoms. The van der Waals surface area contributed by atoms with Crippen LogP contribution < -0.4 is 16.0 Å². The topological polar surface area (TPSA) is 216 Å². The van der Waals surface area contributed by atoms with Crippen molar-refractivity contribution in [3.8, 4) is 0 Å². The van der Waals surface area contributed by atoms with Gasteiger partial charge in [0.2, 0.25) is 17.7 Å². The molecule has 0 bridgehead atoms. The molecule has 3 amide bonds. The number of carboxylic acid groups (broad SMARTS) is 2. The molecular weight excluding hydrogens is 510 g/mol. The molecule has 218 valence electrons. The maximum Gasteiger partial charge on any atom is 0.326 e. The zero-order valence-corrected chi connectivity index (χ0v) is 21.7. The summed E-state index contributed by atoms with van der Waals surface area (Å²) in [4.78, 5) is 67.6. The van der Waals surface area contributed by atoms with Crippen LogP contribution in [0.1, 0.15) is 39.0 Å². The second kappa shape index (κ2) is 23.0. The van der Waals surface area contributed by atoms with Crippen LogP contribution in [0.5, 0.6) is 0 Å². The number of Topliss-reactive ketones (excluding diaryl/α,β-unsaturated/α-hetero) is 1. The number of ketones is 1. The van der Waals surface area contributed by atoms with Crippen LogP contribution in [0.25, 0.3) is 0 Å². The summed E-state index contributed by atoms with van der Waals surface area (Å²) in [6.07, 6.45) is -0.489. The molecule has 15 nitrogen and oxygen atoms in total. The summed E-state index contributed by atoms with van der Waals surface area (Å²) in [6.45, 7) is 3.26. The Labute approximate surface area is 220 Å². The van der Waals surface area contributed by atoms with Crippen LogP contribution in [0.3, 0.4) is 0 Å². The van der Waals surface area contributed by atoms with Crippen molar-refractivity contribution >= 4 is 35.4 Å². The number of hydrogen-bond donors (Lipinski definition) is 5. The summed E-state index contributed by atoms with van der Waals surface area (Å²) in [6, 6.07) is -1.26. The second-order valence-corrected chi connectivity index (χ2v) is 7.98. The van der Waals surface area contributed by atoms with Gasteiger partial charge in [0, 0.05) is 32.4 Å². The zero-order chi connectivity index (χ0) is 28.6. The van der Waals surface area contributed by atoms with Gasteiger partial charge in [0.05, 0.1) is 39.6 Å². The van der Waals surface area contributed by atoms with Gasteiger partial charge in [0.1, 0.15) is 19.3 Å². The maximum absolute atomic E-state index is 11.9. The summed E-state index contributed by atoms with van der Waals surface area (Å²) in [5.41, 5.74) is 0. The van der Waals surface area contributed by atoms with E-state index in [1.165, 1.54) is 6.92 Å². The first-order valence-electron chi connectivity index (χ1n) is 12.2. The largest absolute Gasteiger partial charge is 0.481 e. The van der Waals surface area contributed by atoms with Gasteiger partial charge in [0.25, 0.3) is 0 Å². The van der Waals surface area contributed by atoms with Crippen molar-refractivity contribution in [1.82, 2.24) is 16.0 Å². The highest BCUT2D eigenvalue weighted by Gasteiger charge is 2.21. The third kappa shape index (κ3) is 23.3. The molecule has 5 N–H and O–H groups in total. The Morgan fingerprint density at radius 2 is 1.21 bits per heavy atom. The third-order valence-electron chi connectivity index (χ3n) is 4.51. The smallest absolute Gasteiger partial charge is 0.326 e. The lowest BCUT2D eigenvalue weighted by Gasteiger charge is -2.14. The van der Waals surface area contributed by atoms with Gasteiger partial charge in [-0.1, -0.05) is 0 Å². The van der Waals surface area contributed by atoms with Gasteiger partial charge in [-0.3, -0.25) is 24.0 Å². The van der Waals surface area contributed by atoms with Crippen molar-refractivity contribution in [3.63, 3.8) is 0 Å². The van der Waals surface area contributed by atoms with Crippen molar-refractivity contribution in [2.75, 3.05) is 65.9 Å². The Balaban J connectivity index is 3.68. The highest BCUT2D eigenvalue weighted by Crippen LogP contribution is 2.01. The molecular formula is C23H39N3O12. The molecule has 38 heavy (non-hydrogen) atoms. The van der Waals surface area contributed by atoms with Crippen LogP contribution in [0.4, 0.5) is 0 Å². The SMILES string of the molecule is CC(=O)COCCOCCNC(=O)COCCOCCNC(=O)CCC(NC(=O)CCCC(=O)O)C(=O)O. The van der Waals surface area contributed by atoms with E-state index in [0.717, 1.165) is 0 Å². The fourth-order valence-electron chi connectivity index (χ4n) is 2.68. The first kappa shape index (κ1) is 34.9. The Kier molecular flexibility index (Phi) is 21.1. The molecule has 0 aromatic rings. The van der Waals surface area contributed by atoms with E-state index in [-0.39, 0.29) is 83.4 Å². The highest BCUT2D eigenvalue weighted by molar-refractivity contribution is 5.84. The van der Waals surface area contributed by atoms with Crippen molar-refractivity contribution in [2.24, 2.45) is 0 Å². The van der Waals surface area contributed by atoms with Gasteiger partial charge in [0.15, 0.2) is 5.78 Å². The number of ether oxygens (including phenoxy) is 4. The lowest BCUT2D eigenvalue weighted by Crippen LogP contribution is -2.41. The Morgan fingerprint density at radius 1 is 0.658 bits per heavy atom. The van der Waals surface area contributed by atoms with E-state index in [1.807, 2.05) is 0 Å². The molecule has 1 atom stereocenters. The lowest BCUT2D eigenvalue weighted by atomic mass is 10.1. The first-order valence-corrected chi connectivity index (χ1v) is 12.2. The number of carbonyl (C=O) groups excluding carboxylic acids is 4. The molecule has 0 aromatic heterocycles. The van der Waals surface area contributed by atoms with Crippen LogP contribution in [0, 0.1) is 0 Å². The summed E-state index contributed by atoms with van der Waals surface area (Å²) < 4.78 is 20.7. The van der Waals surface area contributed by atoms with E-state index in [0.29, 0.717) is 26.4 Å². The van der Waals surface area contributed by atoms with Crippen LogP contribution >= 0.6 is 0 Å². The molecule has 15 heteroatoms. The fourth-order valence-corrected chi connectivity index (χ4v) is 2.68. The summed E-state index contributed by atoms with van der Waals surface area (Å²) in [5, 5.41) is 25.2. The van der Waals surface area contributed by atoms with Crippen molar-refractivity contribution < 1.29 is 57.9 Å². The van der Waals surface area contributed by atoms with Crippen molar-refractivity contribution in [1.29, 1.82) is 0 Å². The lowest BCUT2D eigenvalue weighted by molar-refractivity contribution is -0.142. The summed E-state index contributed by atoms with van der Waals surface area (Å²) >= 11 is 0. The number of carbonyl (C=O) groups is 6. The minimum Gasteiger partial charge on any atom is -0.481 e. The van der Waals surface area contributed by atoms with E-state index < -0.39 is 29.8 Å². The number of aliphatic carboxylic acids is 2. The quantitative estimate of drug-likeness (QED) is 0.0821. The molecule has 0 aliphatic heterocycles. The Hall–Kier alpha value is -3.14. The average molecular weight is 550 g/mol. The van der Waals surface area contributed by atoms with Crippen LogP contribution in [0.2, 0.25) is 0 Å². The Bertz CT molecular complexity index is 747. The summed E-state index contributed by atoms with van der Waals surface area (Å²) in [7, 11) is 0. The molecule has 0 saturated heterocycles. The molecule has 0 rings (SSSR count). The third-order valence-corrected chi connectivity index (χ3v) is 4.51. The molecule has 0 fully saturated rings. The number of amides is 3. The van der Waals surface area contributed by atoms with Crippen LogP contribution in [-0.2, 0) is 47.7 Å². The normalized spacial score (nSPS) is 11.4. The van der Waals surface area contributed by atoms with Crippen LogP contribution in [0.15, 0.2) is 0 Å². The average Bonchev–Trinajstić information content (AvgIpc) is 2.84. The predicted octanol–water partition coefficient (Wildman–Crippen LogP) is -1.52. The number of hydrogen-bond acceptors (Lipinski definition) is 10. The maximum atomic E-state index is 11.9.